The zero-order valence-electron chi connectivity index (χ0n) is 20.3. The number of hydrogen-bond acceptors (Lipinski definition) is 4. The molecule has 5 nitrogen and oxygen atoms in total. The summed E-state index contributed by atoms with van der Waals surface area (Å²) in [6.45, 7) is 4.81. The minimum atomic E-state index is 0.310. The molecule has 1 saturated carbocycles. The van der Waals surface area contributed by atoms with E-state index in [1.54, 1.807) is 0 Å². The Morgan fingerprint density at radius 3 is 2.85 bits per heavy atom. The van der Waals surface area contributed by atoms with Crippen molar-refractivity contribution in [1.29, 1.82) is 5.26 Å². The van der Waals surface area contributed by atoms with E-state index < -0.39 is 0 Å². The number of carbonyl (C=O) groups is 1. The fourth-order valence-electron chi connectivity index (χ4n) is 6.20. The van der Waals surface area contributed by atoms with E-state index >= 15 is 0 Å². The average Bonchev–Trinajstić information content (AvgIpc) is 3.29. The van der Waals surface area contributed by atoms with Gasteiger partial charge in [-0.05, 0) is 92.5 Å². The van der Waals surface area contributed by atoms with Crippen LogP contribution >= 0.6 is 0 Å². The van der Waals surface area contributed by atoms with Crippen molar-refractivity contribution >= 4 is 17.3 Å². The van der Waals surface area contributed by atoms with E-state index in [9.17, 15) is 10.1 Å². The molecular formula is C29H36N4O. The quantitative estimate of drug-likeness (QED) is 0.623. The third-order valence-electron chi connectivity index (χ3n) is 8.44. The zero-order chi connectivity index (χ0) is 23.5. The largest absolute Gasteiger partial charge is 0.385 e. The fraction of sp³-hybridized carbons (Fsp3) is 0.517. The Hall–Kier alpha value is -3.00. The molecule has 2 heterocycles. The van der Waals surface area contributed by atoms with Crippen LogP contribution in [0.25, 0.3) is 0 Å². The second-order valence-electron chi connectivity index (χ2n) is 10.8. The Balaban J connectivity index is 1.08. The van der Waals surface area contributed by atoms with Gasteiger partial charge >= 0.3 is 0 Å². The van der Waals surface area contributed by atoms with Crippen LogP contribution in [0.1, 0.15) is 61.6 Å². The van der Waals surface area contributed by atoms with Crippen molar-refractivity contribution < 1.29 is 4.79 Å². The number of anilines is 2. The normalized spacial score (nSPS) is 25.9. The minimum Gasteiger partial charge on any atom is -0.385 e. The standard InChI is InChI=1S/C29H36N4O/c1-21-6-8-26(17-24(21)18-30)32-25-10-12-29(13-11-25)14-15-33(20-29)28(34)9-7-22-16-23-4-2-3-5-27(23)31-19-22/h2-6,8,17,22,25,31-32H,7,9-16,19-20H2,1H3/t22?,25-,29+. The first kappa shape index (κ1) is 22.8. The maximum atomic E-state index is 13.0. The molecule has 0 radical (unpaired) electrons. The Kier molecular flexibility index (Phi) is 6.50. The second kappa shape index (κ2) is 9.70. The summed E-state index contributed by atoms with van der Waals surface area (Å²) in [5.41, 5.74) is 5.76. The van der Waals surface area contributed by atoms with Crippen molar-refractivity contribution in [2.45, 2.75) is 64.3 Å². The number of nitriles is 1. The number of rotatable bonds is 5. The Labute approximate surface area is 203 Å². The SMILES string of the molecule is Cc1ccc(N[C@H]2CC[C@]3(CCN(C(=O)CCC4CNc5ccccc5C4)C3)CC2)cc1C#N. The van der Waals surface area contributed by atoms with Crippen LogP contribution in [0.2, 0.25) is 0 Å². The smallest absolute Gasteiger partial charge is 0.222 e. The molecular weight excluding hydrogens is 420 g/mol. The highest BCUT2D eigenvalue weighted by molar-refractivity contribution is 5.76. The van der Waals surface area contributed by atoms with E-state index in [0.717, 1.165) is 68.6 Å². The fourth-order valence-corrected chi connectivity index (χ4v) is 6.20. The van der Waals surface area contributed by atoms with E-state index in [1.807, 2.05) is 19.1 Å². The molecule has 5 rings (SSSR count). The van der Waals surface area contributed by atoms with Crippen molar-refractivity contribution in [3.05, 3.63) is 59.2 Å². The molecule has 3 aliphatic rings. The predicted octanol–water partition coefficient (Wildman–Crippen LogP) is 5.50. The Morgan fingerprint density at radius 2 is 2.03 bits per heavy atom. The summed E-state index contributed by atoms with van der Waals surface area (Å²) in [4.78, 5) is 15.2. The molecule has 5 heteroatoms. The summed E-state index contributed by atoms with van der Waals surface area (Å²) < 4.78 is 0. The van der Waals surface area contributed by atoms with Crippen LogP contribution in [0.5, 0.6) is 0 Å². The van der Waals surface area contributed by atoms with Gasteiger partial charge in [0.05, 0.1) is 11.6 Å². The van der Waals surface area contributed by atoms with Gasteiger partial charge in [-0.15, -0.1) is 0 Å². The van der Waals surface area contributed by atoms with Gasteiger partial charge in [-0.2, -0.15) is 5.26 Å². The lowest BCUT2D eigenvalue weighted by atomic mass is 9.72. The number of nitrogens with one attached hydrogen (secondary N) is 2. The molecule has 178 valence electrons. The van der Waals surface area contributed by atoms with Crippen LogP contribution in [-0.2, 0) is 11.2 Å². The Morgan fingerprint density at radius 1 is 1.21 bits per heavy atom. The predicted molar refractivity (Wildman–Crippen MR) is 137 cm³/mol. The first-order chi connectivity index (χ1) is 16.5. The van der Waals surface area contributed by atoms with E-state index in [1.165, 1.54) is 24.1 Å². The number of likely N-dealkylation sites (tertiary alicyclic amines) is 1. The first-order valence-electron chi connectivity index (χ1n) is 12.9. The first-order valence-corrected chi connectivity index (χ1v) is 12.9. The van der Waals surface area contributed by atoms with Crippen LogP contribution < -0.4 is 10.6 Å². The third kappa shape index (κ3) is 4.92. The van der Waals surface area contributed by atoms with E-state index in [4.69, 9.17) is 0 Å². The molecule has 1 spiro atoms. The maximum absolute atomic E-state index is 13.0. The molecule has 2 aliphatic heterocycles. The molecule has 2 fully saturated rings. The van der Waals surface area contributed by atoms with Crippen LogP contribution in [0.4, 0.5) is 11.4 Å². The number of nitrogens with zero attached hydrogens (tertiary/aromatic N) is 2. The second-order valence-corrected chi connectivity index (χ2v) is 10.8. The lowest BCUT2D eigenvalue weighted by Crippen LogP contribution is -2.37. The molecule has 2 aromatic carbocycles. The van der Waals surface area contributed by atoms with Gasteiger partial charge in [-0.25, -0.2) is 0 Å². The van der Waals surface area contributed by atoms with Gasteiger partial charge in [0.1, 0.15) is 0 Å². The maximum Gasteiger partial charge on any atom is 0.222 e. The number of benzene rings is 2. The molecule has 1 saturated heterocycles. The summed E-state index contributed by atoms with van der Waals surface area (Å²) in [5.74, 6) is 0.889. The molecule has 34 heavy (non-hydrogen) atoms. The monoisotopic (exact) mass is 456 g/mol. The van der Waals surface area contributed by atoms with Crippen molar-refractivity contribution in [2.75, 3.05) is 30.3 Å². The molecule has 1 amide bonds. The number of carbonyl (C=O) groups excluding carboxylic acids is 1. The van der Waals surface area contributed by atoms with Crippen molar-refractivity contribution in [2.24, 2.45) is 11.3 Å². The van der Waals surface area contributed by atoms with Crippen LogP contribution in [0.3, 0.4) is 0 Å². The highest BCUT2D eigenvalue weighted by atomic mass is 16.2. The highest BCUT2D eigenvalue weighted by Gasteiger charge is 2.42. The van der Waals surface area contributed by atoms with Crippen molar-refractivity contribution in [1.82, 2.24) is 4.90 Å². The Bertz CT molecular complexity index is 1080. The molecule has 1 atom stereocenters. The summed E-state index contributed by atoms with van der Waals surface area (Å²) in [5, 5.41) is 16.5. The summed E-state index contributed by atoms with van der Waals surface area (Å²) in [6.07, 6.45) is 8.47. The molecule has 1 unspecified atom stereocenters. The van der Waals surface area contributed by atoms with Crippen LogP contribution in [0, 0.1) is 29.6 Å². The number of aryl methyl sites for hydroxylation is 1. The minimum absolute atomic E-state index is 0.310. The molecule has 2 aromatic rings. The molecule has 0 bridgehead atoms. The van der Waals surface area contributed by atoms with Gasteiger partial charge in [0.25, 0.3) is 0 Å². The van der Waals surface area contributed by atoms with Crippen molar-refractivity contribution in [3.8, 4) is 6.07 Å². The molecule has 2 N–H and O–H groups in total. The lowest BCUT2D eigenvalue weighted by Gasteiger charge is -2.38. The highest BCUT2D eigenvalue weighted by Crippen LogP contribution is 2.44. The number of hydrogen-bond donors (Lipinski definition) is 2. The van der Waals surface area contributed by atoms with Gasteiger partial charge in [0.15, 0.2) is 0 Å². The van der Waals surface area contributed by atoms with Gasteiger partial charge in [-0.3, -0.25) is 4.79 Å². The van der Waals surface area contributed by atoms with Crippen molar-refractivity contribution in [3.63, 3.8) is 0 Å². The number of amides is 1. The van der Waals surface area contributed by atoms with E-state index in [2.05, 4.69) is 51.9 Å². The number of fused-ring (bicyclic) bond motifs is 1. The van der Waals surface area contributed by atoms with Crippen LogP contribution in [-0.4, -0.2) is 36.5 Å². The van der Waals surface area contributed by atoms with Gasteiger partial charge < -0.3 is 15.5 Å². The average molecular weight is 457 g/mol. The third-order valence-corrected chi connectivity index (χ3v) is 8.44. The zero-order valence-corrected chi connectivity index (χ0v) is 20.3. The van der Waals surface area contributed by atoms with Gasteiger partial charge in [0, 0.05) is 43.5 Å². The lowest BCUT2D eigenvalue weighted by molar-refractivity contribution is -0.131. The molecule has 1 aliphatic carbocycles. The van der Waals surface area contributed by atoms with E-state index in [-0.39, 0.29) is 0 Å². The van der Waals surface area contributed by atoms with Gasteiger partial charge in [-0.1, -0.05) is 24.3 Å². The van der Waals surface area contributed by atoms with Crippen LogP contribution in [0.15, 0.2) is 42.5 Å². The number of para-hydroxylation sites is 1. The summed E-state index contributed by atoms with van der Waals surface area (Å²) in [6, 6.07) is 17.3. The van der Waals surface area contributed by atoms with E-state index in [0.29, 0.717) is 29.7 Å². The molecule has 0 aromatic heterocycles. The summed E-state index contributed by atoms with van der Waals surface area (Å²) >= 11 is 0. The van der Waals surface area contributed by atoms with Gasteiger partial charge in [0.2, 0.25) is 5.91 Å². The topological polar surface area (TPSA) is 68.2 Å². The summed E-state index contributed by atoms with van der Waals surface area (Å²) in [7, 11) is 0.